The smallest absolute Gasteiger partial charge is 0.340 e. The highest BCUT2D eigenvalue weighted by atomic mass is 35.5. The molecule has 8 heteroatoms. The summed E-state index contributed by atoms with van der Waals surface area (Å²) < 4.78 is 15.5. The summed E-state index contributed by atoms with van der Waals surface area (Å²) in [4.78, 5) is 27.3. The van der Waals surface area contributed by atoms with Gasteiger partial charge in [0.1, 0.15) is 11.5 Å². The number of ether oxygens (including phenoxy) is 3. The maximum absolute atomic E-state index is 13.3. The minimum atomic E-state index is -0.623. The van der Waals surface area contributed by atoms with Crippen LogP contribution in [-0.2, 0) is 14.3 Å². The topological polar surface area (TPSA) is 65.1 Å². The number of allylic oxidation sites excluding steroid dienone is 1. The Morgan fingerprint density at radius 3 is 2.33 bits per heavy atom. The van der Waals surface area contributed by atoms with Crippen LogP contribution in [0.5, 0.6) is 11.5 Å². The molecule has 2 aromatic rings. The molecule has 0 spiro atoms. The van der Waals surface area contributed by atoms with E-state index in [-0.39, 0.29) is 11.1 Å². The van der Waals surface area contributed by atoms with Crippen molar-refractivity contribution in [2.75, 3.05) is 26.2 Å². The van der Waals surface area contributed by atoms with E-state index >= 15 is 0 Å². The molecule has 0 aromatic heterocycles. The number of rotatable bonds is 5. The Morgan fingerprint density at radius 1 is 1.00 bits per heavy atom. The van der Waals surface area contributed by atoms with Crippen molar-refractivity contribution in [3.05, 3.63) is 68.9 Å². The van der Waals surface area contributed by atoms with E-state index in [4.69, 9.17) is 37.4 Å². The van der Waals surface area contributed by atoms with Gasteiger partial charge in [0, 0.05) is 17.3 Å². The van der Waals surface area contributed by atoms with Crippen molar-refractivity contribution in [2.45, 2.75) is 6.92 Å². The van der Waals surface area contributed by atoms with Crippen LogP contribution >= 0.6 is 23.2 Å². The lowest BCUT2D eigenvalue weighted by Crippen LogP contribution is -2.24. The maximum atomic E-state index is 13.3. The van der Waals surface area contributed by atoms with Gasteiger partial charge in [-0.25, -0.2) is 4.79 Å². The van der Waals surface area contributed by atoms with Crippen molar-refractivity contribution in [3.63, 3.8) is 0 Å². The molecule has 0 aliphatic carbocycles. The van der Waals surface area contributed by atoms with Crippen LogP contribution in [0.4, 0.5) is 5.69 Å². The van der Waals surface area contributed by atoms with Gasteiger partial charge in [0.15, 0.2) is 0 Å². The van der Waals surface area contributed by atoms with Gasteiger partial charge >= 0.3 is 5.97 Å². The predicted molar refractivity (Wildman–Crippen MR) is 116 cm³/mol. The number of methoxy groups -OCH3 is 3. The summed E-state index contributed by atoms with van der Waals surface area (Å²) >= 11 is 12.1. The van der Waals surface area contributed by atoms with Gasteiger partial charge in [0.05, 0.1) is 48.2 Å². The monoisotopic (exact) mass is 447 g/mol. The number of halogens is 2. The lowest BCUT2D eigenvalue weighted by atomic mass is 10.0. The Morgan fingerprint density at radius 2 is 1.73 bits per heavy atom. The third kappa shape index (κ3) is 3.88. The molecule has 2 aromatic carbocycles. The summed E-state index contributed by atoms with van der Waals surface area (Å²) in [6.07, 6.45) is 1.59. The first-order valence-corrected chi connectivity index (χ1v) is 9.60. The van der Waals surface area contributed by atoms with Crippen LogP contribution in [0.25, 0.3) is 6.08 Å². The van der Waals surface area contributed by atoms with Gasteiger partial charge in [-0.05, 0) is 43.3 Å². The number of nitrogens with zero attached hydrogens (tertiary/aromatic N) is 1. The Hall–Kier alpha value is -2.96. The summed E-state index contributed by atoms with van der Waals surface area (Å²) in [7, 11) is 4.32. The zero-order chi connectivity index (χ0) is 22.0. The Labute approximate surface area is 184 Å². The number of anilines is 1. The predicted octanol–water partition coefficient (Wildman–Crippen LogP) is 4.89. The minimum absolute atomic E-state index is 0.159. The van der Waals surface area contributed by atoms with E-state index in [1.165, 1.54) is 19.1 Å². The quantitative estimate of drug-likeness (QED) is 0.482. The van der Waals surface area contributed by atoms with Crippen molar-refractivity contribution in [1.82, 2.24) is 0 Å². The highest BCUT2D eigenvalue weighted by molar-refractivity contribution is 6.42. The second-order valence-electron chi connectivity index (χ2n) is 6.36. The van der Waals surface area contributed by atoms with E-state index in [1.54, 1.807) is 56.5 Å². The Kier molecular flexibility index (Phi) is 6.39. The number of hydrogen-bond acceptors (Lipinski definition) is 5. The van der Waals surface area contributed by atoms with Gasteiger partial charge in [-0.2, -0.15) is 0 Å². The normalized spacial score (nSPS) is 15.1. The number of benzene rings is 2. The third-order valence-electron chi connectivity index (χ3n) is 4.69. The van der Waals surface area contributed by atoms with E-state index in [0.29, 0.717) is 38.5 Å². The molecule has 156 valence electrons. The molecule has 3 rings (SSSR count). The van der Waals surface area contributed by atoms with E-state index in [0.717, 1.165) is 0 Å². The molecule has 1 aliphatic rings. The van der Waals surface area contributed by atoms with E-state index < -0.39 is 11.9 Å². The number of hydrogen-bond donors (Lipinski definition) is 0. The molecule has 0 N–H and O–H groups in total. The first-order valence-electron chi connectivity index (χ1n) is 8.85. The van der Waals surface area contributed by atoms with Crippen molar-refractivity contribution in [1.29, 1.82) is 0 Å². The van der Waals surface area contributed by atoms with Gasteiger partial charge in [-0.15, -0.1) is 0 Å². The Bertz CT molecular complexity index is 1090. The summed E-state index contributed by atoms with van der Waals surface area (Å²) in [5, 5.41) is 0.657. The second-order valence-corrected chi connectivity index (χ2v) is 7.17. The fourth-order valence-electron chi connectivity index (χ4n) is 3.21. The lowest BCUT2D eigenvalue weighted by molar-refractivity contribution is -0.136. The summed E-state index contributed by atoms with van der Waals surface area (Å²) in [6, 6.07) is 9.98. The molecule has 0 radical (unpaired) electrons. The van der Waals surface area contributed by atoms with Crippen LogP contribution in [0.3, 0.4) is 0 Å². The van der Waals surface area contributed by atoms with Crippen molar-refractivity contribution >= 4 is 46.8 Å². The molecule has 0 bridgehead atoms. The van der Waals surface area contributed by atoms with Crippen LogP contribution in [0.2, 0.25) is 10.0 Å². The molecule has 30 heavy (non-hydrogen) atoms. The highest BCUT2D eigenvalue weighted by Crippen LogP contribution is 2.38. The van der Waals surface area contributed by atoms with E-state index in [2.05, 4.69) is 0 Å². The van der Waals surface area contributed by atoms with Crippen LogP contribution in [-0.4, -0.2) is 33.2 Å². The van der Waals surface area contributed by atoms with Crippen molar-refractivity contribution in [2.24, 2.45) is 0 Å². The molecule has 1 heterocycles. The van der Waals surface area contributed by atoms with Crippen molar-refractivity contribution < 1.29 is 23.8 Å². The summed E-state index contributed by atoms with van der Waals surface area (Å²) in [5.41, 5.74) is 1.84. The van der Waals surface area contributed by atoms with Gasteiger partial charge < -0.3 is 14.2 Å². The molecule has 0 saturated carbocycles. The molecular weight excluding hydrogens is 429 g/mol. The molecule has 1 aliphatic heterocycles. The fourth-order valence-corrected chi connectivity index (χ4v) is 3.50. The van der Waals surface area contributed by atoms with Crippen LogP contribution in [0.15, 0.2) is 53.2 Å². The average molecular weight is 448 g/mol. The fraction of sp³-hybridized carbons (Fsp3) is 0.182. The SMILES string of the molecule is COC(=O)C1=C(C)N(c2ccc(Cl)c(Cl)c2)C(=O)/C1=C\c1ccc(OC)cc1OC. The average Bonchev–Trinajstić information content (AvgIpc) is 2.99. The molecule has 0 saturated heterocycles. The van der Waals surface area contributed by atoms with Gasteiger partial charge in [0.2, 0.25) is 0 Å². The Balaban J connectivity index is 2.17. The van der Waals surface area contributed by atoms with E-state index in [1.807, 2.05) is 0 Å². The molecular formula is C22H19Cl2NO5. The highest BCUT2D eigenvalue weighted by Gasteiger charge is 2.38. The minimum Gasteiger partial charge on any atom is -0.497 e. The molecule has 6 nitrogen and oxygen atoms in total. The largest absolute Gasteiger partial charge is 0.497 e. The zero-order valence-electron chi connectivity index (χ0n) is 16.8. The summed E-state index contributed by atoms with van der Waals surface area (Å²) in [6.45, 7) is 1.67. The lowest BCUT2D eigenvalue weighted by Gasteiger charge is -2.18. The van der Waals surface area contributed by atoms with Crippen LogP contribution in [0.1, 0.15) is 12.5 Å². The van der Waals surface area contributed by atoms with Gasteiger partial charge in [-0.1, -0.05) is 23.2 Å². The van der Waals surface area contributed by atoms with Crippen LogP contribution < -0.4 is 14.4 Å². The molecule has 0 unspecified atom stereocenters. The second kappa shape index (κ2) is 8.81. The summed E-state index contributed by atoms with van der Waals surface area (Å²) in [5.74, 6) is 0.0694. The third-order valence-corrected chi connectivity index (χ3v) is 5.43. The number of esters is 1. The van der Waals surface area contributed by atoms with E-state index in [9.17, 15) is 9.59 Å². The van der Waals surface area contributed by atoms with Crippen LogP contribution in [0, 0.1) is 0 Å². The van der Waals surface area contributed by atoms with Crippen molar-refractivity contribution in [3.8, 4) is 11.5 Å². The maximum Gasteiger partial charge on any atom is 0.340 e. The number of carbonyl (C=O) groups excluding carboxylic acids is 2. The number of carbonyl (C=O) groups is 2. The number of amides is 1. The molecule has 1 amide bonds. The molecule has 0 atom stereocenters. The zero-order valence-corrected chi connectivity index (χ0v) is 18.3. The van der Waals surface area contributed by atoms with Gasteiger partial charge in [-0.3, -0.25) is 9.69 Å². The first-order chi connectivity index (χ1) is 14.3. The standard InChI is InChI=1S/C22H19Cl2NO5/c1-12-20(22(27)30-4)16(9-13-5-7-15(28-2)11-19(13)29-3)21(26)25(12)14-6-8-17(23)18(24)10-14/h5-11H,1-4H3/b16-9-. The van der Waals surface area contributed by atoms with Gasteiger partial charge in [0.25, 0.3) is 5.91 Å². The first kappa shape index (κ1) is 21.7. The molecule has 0 fully saturated rings.